The highest BCUT2D eigenvalue weighted by Crippen LogP contribution is 2.41. The standard InChI is InChI=1S/C17H14FN3O4/c18-12-2-1-11-8-20(4-3-10(11)5-12)14-6-13-16(7-15(14)21(23)24)25-9-17(22)19-13/h1-2,5-7H,3-4,8-9H2,(H,19,22). The molecule has 2 aliphatic rings. The van der Waals surface area contributed by atoms with E-state index in [-0.39, 0.29) is 29.8 Å². The van der Waals surface area contributed by atoms with E-state index in [0.717, 1.165) is 11.1 Å². The number of nitrogens with zero attached hydrogens (tertiary/aromatic N) is 2. The van der Waals surface area contributed by atoms with Gasteiger partial charge in [-0.25, -0.2) is 4.39 Å². The normalized spacial score (nSPS) is 15.7. The van der Waals surface area contributed by atoms with Crippen LogP contribution in [0.4, 0.5) is 21.5 Å². The molecule has 0 saturated heterocycles. The quantitative estimate of drug-likeness (QED) is 0.669. The van der Waals surface area contributed by atoms with E-state index >= 15 is 0 Å². The highest BCUT2D eigenvalue weighted by molar-refractivity contribution is 5.97. The van der Waals surface area contributed by atoms with Crippen LogP contribution >= 0.6 is 0 Å². The minimum Gasteiger partial charge on any atom is -0.481 e. The second-order valence-electron chi connectivity index (χ2n) is 6.02. The van der Waals surface area contributed by atoms with Crippen molar-refractivity contribution in [2.45, 2.75) is 13.0 Å². The zero-order valence-electron chi connectivity index (χ0n) is 13.1. The molecule has 7 nitrogen and oxygen atoms in total. The summed E-state index contributed by atoms with van der Waals surface area (Å²) in [5.74, 6) is -0.298. The Hall–Kier alpha value is -3.16. The molecular formula is C17H14FN3O4. The Bertz CT molecular complexity index is 900. The highest BCUT2D eigenvalue weighted by Gasteiger charge is 2.28. The summed E-state index contributed by atoms with van der Waals surface area (Å²) in [5.41, 5.74) is 2.58. The zero-order chi connectivity index (χ0) is 17.6. The van der Waals surface area contributed by atoms with Crippen LogP contribution in [-0.2, 0) is 17.8 Å². The van der Waals surface area contributed by atoms with Gasteiger partial charge >= 0.3 is 0 Å². The Labute approximate surface area is 142 Å². The van der Waals surface area contributed by atoms with E-state index in [1.165, 1.54) is 18.2 Å². The molecule has 2 aromatic carbocycles. The van der Waals surface area contributed by atoms with Crippen LogP contribution in [0.15, 0.2) is 30.3 Å². The Balaban J connectivity index is 1.74. The topological polar surface area (TPSA) is 84.7 Å². The van der Waals surface area contributed by atoms with E-state index in [1.54, 1.807) is 12.1 Å². The van der Waals surface area contributed by atoms with Gasteiger partial charge < -0.3 is 15.0 Å². The molecule has 0 aliphatic carbocycles. The summed E-state index contributed by atoms with van der Waals surface area (Å²) >= 11 is 0. The van der Waals surface area contributed by atoms with E-state index in [9.17, 15) is 19.3 Å². The number of carbonyl (C=O) groups excluding carboxylic acids is 1. The number of ether oxygens (including phenoxy) is 1. The number of benzene rings is 2. The van der Waals surface area contributed by atoms with Gasteiger partial charge in [0.1, 0.15) is 11.5 Å². The number of hydrogen-bond acceptors (Lipinski definition) is 5. The fourth-order valence-corrected chi connectivity index (χ4v) is 3.23. The average molecular weight is 343 g/mol. The van der Waals surface area contributed by atoms with Crippen molar-refractivity contribution in [2.24, 2.45) is 0 Å². The first-order valence-corrected chi connectivity index (χ1v) is 7.78. The maximum Gasteiger partial charge on any atom is 0.296 e. The number of amides is 1. The number of nitro benzene ring substituents is 1. The molecule has 2 aromatic rings. The van der Waals surface area contributed by atoms with Gasteiger partial charge in [-0.05, 0) is 35.7 Å². The van der Waals surface area contributed by atoms with Gasteiger partial charge in [0.15, 0.2) is 12.4 Å². The molecule has 8 heteroatoms. The van der Waals surface area contributed by atoms with Crippen LogP contribution in [0.3, 0.4) is 0 Å². The predicted octanol–water partition coefficient (Wildman–Crippen LogP) is 2.63. The van der Waals surface area contributed by atoms with Crippen LogP contribution in [0, 0.1) is 15.9 Å². The lowest BCUT2D eigenvalue weighted by Gasteiger charge is -2.31. The van der Waals surface area contributed by atoms with E-state index in [4.69, 9.17) is 4.74 Å². The molecule has 0 fully saturated rings. The fourth-order valence-electron chi connectivity index (χ4n) is 3.23. The van der Waals surface area contributed by atoms with E-state index in [1.807, 2.05) is 4.90 Å². The van der Waals surface area contributed by atoms with Crippen molar-refractivity contribution in [3.05, 3.63) is 57.4 Å². The van der Waals surface area contributed by atoms with Crippen molar-refractivity contribution in [1.29, 1.82) is 0 Å². The van der Waals surface area contributed by atoms with Crippen LogP contribution in [0.2, 0.25) is 0 Å². The molecule has 0 saturated carbocycles. The van der Waals surface area contributed by atoms with Crippen molar-refractivity contribution >= 4 is 23.0 Å². The summed E-state index contributed by atoms with van der Waals surface area (Å²) in [6, 6.07) is 7.49. The van der Waals surface area contributed by atoms with Gasteiger partial charge in [0, 0.05) is 13.1 Å². The molecule has 2 heterocycles. The van der Waals surface area contributed by atoms with Gasteiger partial charge in [-0.15, -0.1) is 0 Å². The molecule has 0 bridgehead atoms. The van der Waals surface area contributed by atoms with Gasteiger partial charge in [0.2, 0.25) is 0 Å². The second-order valence-corrected chi connectivity index (χ2v) is 6.02. The number of carbonyl (C=O) groups is 1. The van der Waals surface area contributed by atoms with Crippen LogP contribution in [0.1, 0.15) is 11.1 Å². The molecule has 0 aromatic heterocycles. The third-order valence-electron chi connectivity index (χ3n) is 4.43. The van der Waals surface area contributed by atoms with E-state index < -0.39 is 4.92 Å². The van der Waals surface area contributed by atoms with E-state index in [0.29, 0.717) is 30.9 Å². The monoisotopic (exact) mass is 343 g/mol. The predicted molar refractivity (Wildman–Crippen MR) is 88.4 cm³/mol. The average Bonchev–Trinajstić information content (AvgIpc) is 2.60. The largest absolute Gasteiger partial charge is 0.481 e. The third-order valence-corrected chi connectivity index (χ3v) is 4.43. The van der Waals surface area contributed by atoms with Gasteiger partial charge in [-0.3, -0.25) is 14.9 Å². The van der Waals surface area contributed by atoms with Gasteiger partial charge in [0.05, 0.1) is 16.7 Å². The molecule has 0 radical (unpaired) electrons. The minimum absolute atomic E-state index is 0.0829. The summed E-state index contributed by atoms with van der Waals surface area (Å²) < 4.78 is 18.6. The van der Waals surface area contributed by atoms with E-state index in [2.05, 4.69) is 5.32 Å². The molecule has 128 valence electrons. The summed E-state index contributed by atoms with van der Waals surface area (Å²) in [5, 5.41) is 14.2. The SMILES string of the molecule is O=C1COc2cc([N+](=O)[O-])c(N3CCc4cc(F)ccc4C3)cc2N1. The Morgan fingerprint density at radius 3 is 2.88 bits per heavy atom. The zero-order valence-corrected chi connectivity index (χ0v) is 13.1. The maximum absolute atomic E-state index is 13.4. The lowest BCUT2D eigenvalue weighted by Crippen LogP contribution is -2.31. The van der Waals surface area contributed by atoms with Crippen molar-refractivity contribution in [3.8, 4) is 5.75 Å². The molecule has 25 heavy (non-hydrogen) atoms. The lowest BCUT2D eigenvalue weighted by atomic mass is 9.99. The van der Waals surface area contributed by atoms with Crippen LogP contribution in [0.5, 0.6) is 5.75 Å². The number of nitro groups is 1. The Kier molecular flexibility index (Phi) is 3.52. The molecule has 4 rings (SSSR count). The molecule has 1 N–H and O–H groups in total. The highest BCUT2D eigenvalue weighted by atomic mass is 19.1. The molecule has 2 aliphatic heterocycles. The van der Waals surface area contributed by atoms with Crippen LogP contribution in [-0.4, -0.2) is 24.0 Å². The first-order valence-electron chi connectivity index (χ1n) is 7.78. The number of anilines is 2. The van der Waals surface area contributed by atoms with Gasteiger partial charge in [-0.1, -0.05) is 6.07 Å². The number of rotatable bonds is 2. The number of fused-ring (bicyclic) bond motifs is 2. The molecule has 0 spiro atoms. The summed E-state index contributed by atoms with van der Waals surface area (Å²) in [4.78, 5) is 24.4. The van der Waals surface area contributed by atoms with Gasteiger partial charge in [0.25, 0.3) is 11.6 Å². The molecular weight excluding hydrogens is 329 g/mol. The van der Waals surface area contributed by atoms with Crippen molar-refractivity contribution < 1.29 is 18.8 Å². The summed E-state index contributed by atoms with van der Waals surface area (Å²) in [7, 11) is 0. The molecule has 0 atom stereocenters. The van der Waals surface area contributed by atoms with Crippen molar-refractivity contribution in [2.75, 3.05) is 23.4 Å². The maximum atomic E-state index is 13.4. The van der Waals surface area contributed by atoms with Crippen LogP contribution < -0.4 is 15.0 Å². The molecule has 0 unspecified atom stereocenters. The first-order chi connectivity index (χ1) is 12.0. The number of nitrogens with one attached hydrogen (secondary N) is 1. The molecule has 1 amide bonds. The second kappa shape index (κ2) is 5.73. The minimum atomic E-state index is -0.463. The smallest absolute Gasteiger partial charge is 0.296 e. The Morgan fingerprint density at radius 2 is 2.08 bits per heavy atom. The first kappa shape index (κ1) is 15.4. The fraction of sp³-hybridized carbons (Fsp3) is 0.235. The number of hydrogen-bond donors (Lipinski definition) is 1. The summed E-state index contributed by atoms with van der Waals surface area (Å²) in [6.07, 6.45) is 0.587. The number of halogens is 1. The Morgan fingerprint density at radius 1 is 1.24 bits per heavy atom. The van der Waals surface area contributed by atoms with Crippen molar-refractivity contribution in [1.82, 2.24) is 0 Å². The lowest BCUT2D eigenvalue weighted by molar-refractivity contribution is -0.384. The summed E-state index contributed by atoms with van der Waals surface area (Å²) in [6.45, 7) is 0.793. The van der Waals surface area contributed by atoms with Crippen molar-refractivity contribution in [3.63, 3.8) is 0 Å². The van der Waals surface area contributed by atoms with Crippen LogP contribution in [0.25, 0.3) is 0 Å². The third kappa shape index (κ3) is 2.75. The van der Waals surface area contributed by atoms with Gasteiger partial charge in [-0.2, -0.15) is 0 Å².